The molecule has 1 amide bonds. The van der Waals surface area contributed by atoms with Crippen molar-refractivity contribution >= 4 is 16.9 Å². The van der Waals surface area contributed by atoms with Gasteiger partial charge in [-0.2, -0.15) is 0 Å². The Morgan fingerprint density at radius 3 is 2.62 bits per heavy atom. The Kier molecular flexibility index (Phi) is 4.97. The standard InChI is InChI=1S/C19H20N4O3/c1-3-7-13(12-8-5-4-6-9-12)21-17(24)14-10-11(2)15-16(20-14)22-19(26)23-18(15)25/h4-6,8-10,13H,3,7H2,1-2H3,(H,21,24)(H2,20,22,23,25,26). The third-order valence-electron chi connectivity index (χ3n) is 4.22. The molecule has 26 heavy (non-hydrogen) atoms. The van der Waals surface area contributed by atoms with E-state index in [1.807, 2.05) is 30.3 Å². The Labute approximate surface area is 149 Å². The lowest BCUT2D eigenvalue weighted by Gasteiger charge is -2.18. The van der Waals surface area contributed by atoms with Gasteiger partial charge in [-0.25, -0.2) is 9.78 Å². The van der Waals surface area contributed by atoms with E-state index in [4.69, 9.17) is 0 Å². The molecule has 7 heteroatoms. The Hall–Kier alpha value is -3.22. The fourth-order valence-electron chi connectivity index (χ4n) is 3.00. The first-order valence-corrected chi connectivity index (χ1v) is 8.49. The average Bonchev–Trinajstić information content (AvgIpc) is 2.61. The number of hydrogen-bond donors (Lipinski definition) is 3. The van der Waals surface area contributed by atoms with Gasteiger partial charge >= 0.3 is 5.69 Å². The molecule has 0 aliphatic rings. The normalized spacial score (nSPS) is 12.1. The highest BCUT2D eigenvalue weighted by molar-refractivity contribution is 5.95. The zero-order valence-electron chi connectivity index (χ0n) is 14.6. The molecule has 0 radical (unpaired) electrons. The molecular formula is C19H20N4O3. The maximum absolute atomic E-state index is 12.7. The molecular weight excluding hydrogens is 332 g/mol. The summed E-state index contributed by atoms with van der Waals surface area (Å²) < 4.78 is 0. The van der Waals surface area contributed by atoms with E-state index in [1.54, 1.807) is 13.0 Å². The van der Waals surface area contributed by atoms with Crippen molar-refractivity contribution < 1.29 is 4.79 Å². The lowest BCUT2D eigenvalue weighted by molar-refractivity contribution is 0.0929. The Bertz CT molecular complexity index is 1050. The van der Waals surface area contributed by atoms with Crippen molar-refractivity contribution in [2.24, 2.45) is 0 Å². The van der Waals surface area contributed by atoms with Crippen molar-refractivity contribution in [3.63, 3.8) is 0 Å². The van der Waals surface area contributed by atoms with E-state index >= 15 is 0 Å². The fourth-order valence-corrected chi connectivity index (χ4v) is 3.00. The van der Waals surface area contributed by atoms with Crippen LogP contribution in [0.1, 0.15) is 47.4 Å². The predicted octanol–water partition coefficient (Wildman–Crippen LogP) is 2.19. The molecule has 1 atom stereocenters. The number of fused-ring (bicyclic) bond motifs is 1. The molecule has 3 N–H and O–H groups in total. The predicted molar refractivity (Wildman–Crippen MR) is 99.3 cm³/mol. The van der Waals surface area contributed by atoms with Crippen molar-refractivity contribution in [2.75, 3.05) is 0 Å². The zero-order valence-corrected chi connectivity index (χ0v) is 14.6. The third kappa shape index (κ3) is 3.56. The van der Waals surface area contributed by atoms with Crippen LogP contribution in [0.3, 0.4) is 0 Å². The van der Waals surface area contributed by atoms with Gasteiger partial charge in [0.2, 0.25) is 0 Å². The number of rotatable bonds is 5. The van der Waals surface area contributed by atoms with Crippen molar-refractivity contribution in [2.45, 2.75) is 32.7 Å². The summed E-state index contributed by atoms with van der Waals surface area (Å²) in [6.07, 6.45) is 1.70. The number of amides is 1. The SMILES string of the molecule is CCCC(NC(=O)c1cc(C)c2c(=O)[nH]c(=O)[nH]c2n1)c1ccccc1. The number of aromatic nitrogens is 3. The van der Waals surface area contributed by atoms with Crippen molar-refractivity contribution in [3.8, 4) is 0 Å². The van der Waals surface area contributed by atoms with Gasteiger partial charge in [-0.1, -0.05) is 43.7 Å². The highest BCUT2D eigenvalue weighted by Gasteiger charge is 2.18. The molecule has 3 rings (SSSR count). The third-order valence-corrected chi connectivity index (χ3v) is 4.22. The van der Waals surface area contributed by atoms with Crippen LogP contribution in [-0.2, 0) is 0 Å². The maximum Gasteiger partial charge on any atom is 0.327 e. The topological polar surface area (TPSA) is 108 Å². The van der Waals surface area contributed by atoms with Gasteiger partial charge in [0.05, 0.1) is 11.4 Å². The van der Waals surface area contributed by atoms with E-state index in [2.05, 4.69) is 27.2 Å². The monoisotopic (exact) mass is 352 g/mol. The van der Waals surface area contributed by atoms with Crippen LogP contribution in [0, 0.1) is 6.92 Å². The number of aryl methyl sites for hydroxylation is 1. The van der Waals surface area contributed by atoms with E-state index < -0.39 is 11.2 Å². The number of pyridine rings is 1. The smallest absolute Gasteiger partial charge is 0.327 e. The van der Waals surface area contributed by atoms with Crippen LogP contribution in [0.5, 0.6) is 0 Å². The van der Waals surface area contributed by atoms with E-state index in [-0.39, 0.29) is 28.7 Å². The van der Waals surface area contributed by atoms with Gasteiger partial charge in [0.25, 0.3) is 11.5 Å². The number of benzene rings is 1. The summed E-state index contributed by atoms with van der Waals surface area (Å²) in [5.41, 5.74) is 0.687. The van der Waals surface area contributed by atoms with Crippen LogP contribution in [0.2, 0.25) is 0 Å². The minimum absolute atomic E-state index is 0.107. The highest BCUT2D eigenvalue weighted by atomic mass is 16.2. The molecule has 7 nitrogen and oxygen atoms in total. The molecule has 3 aromatic rings. The number of carbonyl (C=O) groups is 1. The minimum atomic E-state index is -0.653. The van der Waals surface area contributed by atoms with Crippen LogP contribution < -0.4 is 16.6 Å². The second kappa shape index (κ2) is 7.35. The molecule has 1 aromatic carbocycles. The van der Waals surface area contributed by atoms with Gasteiger partial charge in [0.15, 0.2) is 0 Å². The van der Waals surface area contributed by atoms with Gasteiger partial charge in [-0.05, 0) is 30.5 Å². The summed E-state index contributed by atoms with van der Waals surface area (Å²) in [4.78, 5) is 45.0. The first kappa shape index (κ1) is 17.6. The Morgan fingerprint density at radius 2 is 1.92 bits per heavy atom. The quantitative estimate of drug-likeness (QED) is 0.654. The maximum atomic E-state index is 12.7. The summed E-state index contributed by atoms with van der Waals surface area (Å²) in [5, 5.41) is 3.26. The van der Waals surface area contributed by atoms with Crippen molar-refractivity contribution in [3.05, 3.63) is 74.1 Å². The van der Waals surface area contributed by atoms with Crippen LogP contribution in [0.25, 0.3) is 11.0 Å². The van der Waals surface area contributed by atoms with E-state index in [9.17, 15) is 14.4 Å². The minimum Gasteiger partial charge on any atom is -0.344 e. The van der Waals surface area contributed by atoms with Gasteiger partial charge in [0.1, 0.15) is 11.3 Å². The van der Waals surface area contributed by atoms with Crippen molar-refractivity contribution in [1.29, 1.82) is 0 Å². The molecule has 0 aliphatic carbocycles. The van der Waals surface area contributed by atoms with Crippen LogP contribution >= 0.6 is 0 Å². The lowest BCUT2D eigenvalue weighted by Crippen LogP contribution is -2.30. The van der Waals surface area contributed by atoms with Gasteiger partial charge in [-0.15, -0.1) is 0 Å². The number of nitrogens with zero attached hydrogens (tertiary/aromatic N) is 1. The number of carbonyl (C=O) groups excluding carboxylic acids is 1. The largest absolute Gasteiger partial charge is 0.344 e. The van der Waals surface area contributed by atoms with Crippen LogP contribution in [0.4, 0.5) is 0 Å². The summed E-state index contributed by atoms with van der Waals surface area (Å²) in [5.74, 6) is -0.349. The highest BCUT2D eigenvalue weighted by Crippen LogP contribution is 2.19. The average molecular weight is 352 g/mol. The number of H-pyrrole nitrogens is 2. The molecule has 2 heterocycles. The number of aromatic amines is 2. The molecule has 0 spiro atoms. The number of nitrogens with one attached hydrogen (secondary N) is 3. The molecule has 0 fully saturated rings. The summed E-state index contributed by atoms with van der Waals surface area (Å²) in [6, 6.07) is 11.1. The van der Waals surface area contributed by atoms with Crippen molar-refractivity contribution in [1.82, 2.24) is 20.3 Å². The van der Waals surface area contributed by atoms with E-state index in [0.717, 1.165) is 18.4 Å². The molecule has 0 saturated heterocycles. The van der Waals surface area contributed by atoms with Gasteiger partial charge in [0, 0.05) is 0 Å². The molecule has 0 aliphatic heterocycles. The Balaban J connectivity index is 1.96. The molecule has 1 unspecified atom stereocenters. The zero-order chi connectivity index (χ0) is 18.7. The van der Waals surface area contributed by atoms with Crippen LogP contribution in [0.15, 0.2) is 46.0 Å². The van der Waals surface area contributed by atoms with E-state index in [0.29, 0.717) is 5.56 Å². The summed E-state index contributed by atoms with van der Waals surface area (Å²) in [7, 11) is 0. The molecule has 134 valence electrons. The molecule has 0 saturated carbocycles. The first-order chi connectivity index (χ1) is 12.5. The summed E-state index contributed by atoms with van der Waals surface area (Å²) in [6.45, 7) is 3.76. The van der Waals surface area contributed by atoms with E-state index in [1.165, 1.54) is 0 Å². The summed E-state index contributed by atoms with van der Waals surface area (Å²) >= 11 is 0. The molecule has 0 bridgehead atoms. The second-order valence-corrected chi connectivity index (χ2v) is 6.18. The van der Waals surface area contributed by atoms with Gasteiger partial charge in [-0.3, -0.25) is 19.6 Å². The van der Waals surface area contributed by atoms with Crippen LogP contribution in [-0.4, -0.2) is 20.9 Å². The lowest BCUT2D eigenvalue weighted by atomic mass is 10.0. The molecule has 2 aromatic heterocycles. The Morgan fingerprint density at radius 1 is 1.19 bits per heavy atom. The fraction of sp³-hybridized carbons (Fsp3) is 0.263. The second-order valence-electron chi connectivity index (χ2n) is 6.18. The number of hydrogen-bond acceptors (Lipinski definition) is 4. The first-order valence-electron chi connectivity index (χ1n) is 8.49. The van der Waals surface area contributed by atoms with Gasteiger partial charge < -0.3 is 5.32 Å².